The molecule has 0 saturated heterocycles. The van der Waals surface area contributed by atoms with Crippen LogP contribution in [0.2, 0.25) is 0 Å². The van der Waals surface area contributed by atoms with Gasteiger partial charge in [0.15, 0.2) is 0 Å². The first-order valence-electron chi connectivity index (χ1n) is 7.66. The number of nitrogens with zero attached hydrogens (tertiary/aromatic N) is 2. The molecule has 0 aliphatic carbocycles. The SMILES string of the molecule is CCCCC(NC(=O)c1ccc(-n2cc(C)cn2)cc1)C(=O)O. The van der Waals surface area contributed by atoms with E-state index in [9.17, 15) is 9.59 Å². The quantitative estimate of drug-likeness (QED) is 0.822. The molecular weight excluding hydrogens is 294 g/mol. The van der Waals surface area contributed by atoms with Gasteiger partial charge in [0.05, 0.1) is 11.9 Å². The molecule has 0 bridgehead atoms. The smallest absolute Gasteiger partial charge is 0.326 e. The zero-order valence-corrected chi connectivity index (χ0v) is 13.3. The number of carbonyl (C=O) groups excluding carboxylic acids is 1. The molecule has 2 N–H and O–H groups in total. The van der Waals surface area contributed by atoms with Crippen LogP contribution in [-0.2, 0) is 4.79 Å². The van der Waals surface area contributed by atoms with E-state index < -0.39 is 12.0 Å². The van der Waals surface area contributed by atoms with Crippen molar-refractivity contribution in [3.8, 4) is 5.69 Å². The number of rotatable bonds is 7. The summed E-state index contributed by atoms with van der Waals surface area (Å²) in [7, 11) is 0. The maximum Gasteiger partial charge on any atom is 0.326 e. The Bertz CT molecular complexity index is 677. The first-order chi connectivity index (χ1) is 11.0. The molecule has 0 aliphatic heterocycles. The van der Waals surface area contributed by atoms with Crippen LogP contribution >= 0.6 is 0 Å². The number of benzene rings is 1. The van der Waals surface area contributed by atoms with E-state index in [4.69, 9.17) is 5.11 Å². The van der Waals surface area contributed by atoms with Crippen molar-refractivity contribution in [2.45, 2.75) is 39.2 Å². The van der Waals surface area contributed by atoms with Crippen LogP contribution in [0.4, 0.5) is 0 Å². The summed E-state index contributed by atoms with van der Waals surface area (Å²) in [6.07, 6.45) is 5.72. The predicted molar refractivity (Wildman–Crippen MR) is 86.7 cm³/mol. The van der Waals surface area contributed by atoms with Crippen LogP contribution in [0.15, 0.2) is 36.7 Å². The molecule has 2 rings (SSSR count). The number of carbonyl (C=O) groups is 2. The molecule has 1 aromatic carbocycles. The second-order valence-corrected chi connectivity index (χ2v) is 5.52. The van der Waals surface area contributed by atoms with Crippen molar-refractivity contribution in [2.75, 3.05) is 0 Å². The fraction of sp³-hybridized carbons (Fsp3) is 0.353. The van der Waals surface area contributed by atoms with Crippen LogP contribution in [0, 0.1) is 6.92 Å². The summed E-state index contributed by atoms with van der Waals surface area (Å²) >= 11 is 0. The summed E-state index contributed by atoms with van der Waals surface area (Å²) in [6, 6.07) is 6.04. The number of hydrogen-bond acceptors (Lipinski definition) is 3. The van der Waals surface area contributed by atoms with Gasteiger partial charge in [-0.05, 0) is 43.2 Å². The Hall–Kier alpha value is -2.63. The molecule has 2 aromatic rings. The lowest BCUT2D eigenvalue weighted by Gasteiger charge is -2.14. The fourth-order valence-electron chi connectivity index (χ4n) is 2.23. The highest BCUT2D eigenvalue weighted by molar-refractivity contribution is 5.96. The monoisotopic (exact) mass is 315 g/mol. The van der Waals surface area contributed by atoms with Crippen molar-refractivity contribution >= 4 is 11.9 Å². The molecule has 1 atom stereocenters. The van der Waals surface area contributed by atoms with Crippen molar-refractivity contribution in [2.24, 2.45) is 0 Å². The molecule has 23 heavy (non-hydrogen) atoms. The number of carboxylic acids is 1. The van der Waals surface area contributed by atoms with Gasteiger partial charge in [0.2, 0.25) is 0 Å². The Balaban J connectivity index is 2.06. The number of nitrogens with one attached hydrogen (secondary N) is 1. The normalized spacial score (nSPS) is 11.9. The average Bonchev–Trinajstić information content (AvgIpc) is 2.97. The van der Waals surface area contributed by atoms with Crippen LogP contribution in [0.3, 0.4) is 0 Å². The number of hydrogen-bond donors (Lipinski definition) is 2. The minimum Gasteiger partial charge on any atom is -0.480 e. The van der Waals surface area contributed by atoms with Crippen molar-refractivity contribution in [1.82, 2.24) is 15.1 Å². The molecule has 0 saturated carbocycles. The maximum atomic E-state index is 12.2. The van der Waals surface area contributed by atoms with Gasteiger partial charge in [-0.3, -0.25) is 4.79 Å². The Kier molecular flexibility index (Phi) is 5.51. The highest BCUT2D eigenvalue weighted by Gasteiger charge is 2.19. The topological polar surface area (TPSA) is 84.2 Å². The third-order valence-electron chi connectivity index (χ3n) is 3.56. The van der Waals surface area contributed by atoms with Gasteiger partial charge in [-0.15, -0.1) is 0 Å². The van der Waals surface area contributed by atoms with Gasteiger partial charge in [0.1, 0.15) is 6.04 Å². The number of unbranched alkanes of at least 4 members (excludes halogenated alkanes) is 1. The molecule has 6 nitrogen and oxygen atoms in total. The summed E-state index contributed by atoms with van der Waals surface area (Å²) in [5.41, 5.74) is 2.32. The molecule has 1 aromatic heterocycles. The lowest BCUT2D eigenvalue weighted by molar-refractivity contribution is -0.139. The predicted octanol–water partition coefficient (Wildman–Crippen LogP) is 2.55. The van der Waals surface area contributed by atoms with Gasteiger partial charge < -0.3 is 10.4 Å². The summed E-state index contributed by atoms with van der Waals surface area (Å²) < 4.78 is 1.72. The molecule has 0 fully saturated rings. The summed E-state index contributed by atoms with van der Waals surface area (Å²) in [5.74, 6) is -1.38. The number of aryl methyl sites for hydroxylation is 1. The zero-order valence-electron chi connectivity index (χ0n) is 13.3. The van der Waals surface area contributed by atoms with Crippen LogP contribution < -0.4 is 5.32 Å². The first kappa shape index (κ1) is 16.7. The highest BCUT2D eigenvalue weighted by atomic mass is 16.4. The molecule has 0 spiro atoms. The second-order valence-electron chi connectivity index (χ2n) is 5.52. The summed E-state index contributed by atoms with van der Waals surface area (Å²) in [5, 5.41) is 15.9. The van der Waals surface area contributed by atoms with E-state index in [2.05, 4.69) is 10.4 Å². The van der Waals surface area contributed by atoms with Crippen LogP contribution in [-0.4, -0.2) is 32.8 Å². The van der Waals surface area contributed by atoms with E-state index in [1.54, 1.807) is 35.1 Å². The van der Waals surface area contributed by atoms with Gasteiger partial charge in [-0.1, -0.05) is 19.8 Å². The first-order valence-corrected chi connectivity index (χ1v) is 7.66. The van der Waals surface area contributed by atoms with Crippen LogP contribution in [0.5, 0.6) is 0 Å². The second kappa shape index (κ2) is 7.58. The Labute approximate surface area is 135 Å². The van der Waals surface area contributed by atoms with Gasteiger partial charge in [-0.25, -0.2) is 9.48 Å². The molecule has 122 valence electrons. The van der Waals surface area contributed by atoms with Crippen molar-refractivity contribution < 1.29 is 14.7 Å². The summed E-state index contributed by atoms with van der Waals surface area (Å²) in [4.78, 5) is 23.4. The van der Waals surface area contributed by atoms with E-state index in [1.807, 2.05) is 20.0 Å². The third-order valence-corrected chi connectivity index (χ3v) is 3.56. The van der Waals surface area contributed by atoms with E-state index in [0.29, 0.717) is 12.0 Å². The summed E-state index contributed by atoms with van der Waals surface area (Å²) in [6.45, 7) is 3.93. The minimum atomic E-state index is -1.00. The highest BCUT2D eigenvalue weighted by Crippen LogP contribution is 2.11. The average molecular weight is 315 g/mol. The van der Waals surface area contributed by atoms with E-state index >= 15 is 0 Å². The molecule has 6 heteroatoms. The standard InChI is InChI=1S/C17H21N3O3/c1-3-4-5-15(17(22)23)19-16(21)13-6-8-14(9-7-13)20-11-12(2)10-18-20/h6-11,15H,3-5H2,1-2H3,(H,19,21)(H,22,23). The van der Waals surface area contributed by atoms with E-state index in [-0.39, 0.29) is 5.91 Å². The number of amides is 1. The molecule has 1 heterocycles. The van der Waals surface area contributed by atoms with E-state index in [0.717, 1.165) is 24.1 Å². The zero-order chi connectivity index (χ0) is 16.8. The van der Waals surface area contributed by atoms with Gasteiger partial charge in [0, 0.05) is 11.8 Å². The fourth-order valence-corrected chi connectivity index (χ4v) is 2.23. The van der Waals surface area contributed by atoms with Crippen molar-refractivity contribution in [3.63, 3.8) is 0 Å². The lowest BCUT2D eigenvalue weighted by atomic mass is 10.1. The Morgan fingerprint density at radius 3 is 2.52 bits per heavy atom. The van der Waals surface area contributed by atoms with Crippen molar-refractivity contribution in [1.29, 1.82) is 0 Å². The van der Waals surface area contributed by atoms with Crippen LogP contribution in [0.25, 0.3) is 5.69 Å². The largest absolute Gasteiger partial charge is 0.480 e. The number of aromatic nitrogens is 2. The van der Waals surface area contributed by atoms with Gasteiger partial charge >= 0.3 is 5.97 Å². The molecule has 1 unspecified atom stereocenters. The minimum absolute atomic E-state index is 0.378. The molecule has 1 amide bonds. The lowest BCUT2D eigenvalue weighted by Crippen LogP contribution is -2.40. The van der Waals surface area contributed by atoms with Gasteiger partial charge in [0.25, 0.3) is 5.91 Å². The van der Waals surface area contributed by atoms with Gasteiger partial charge in [-0.2, -0.15) is 5.10 Å². The van der Waals surface area contributed by atoms with E-state index in [1.165, 1.54) is 0 Å². The van der Waals surface area contributed by atoms with Crippen LogP contribution in [0.1, 0.15) is 42.1 Å². The molecular formula is C17H21N3O3. The number of carboxylic acid groups (broad SMARTS) is 1. The number of aliphatic carboxylic acids is 1. The molecule has 0 radical (unpaired) electrons. The third kappa shape index (κ3) is 4.42. The Morgan fingerprint density at radius 2 is 2.00 bits per heavy atom. The molecule has 0 aliphatic rings. The Morgan fingerprint density at radius 1 is 1.30 bits per heavy atom. The maximum absolute atomic E-state index is 12.2. The van der Waals surface area contributed by atoms with Crippen molar-refractivity contribution in [3.05, 3.63) is 47.8 Å².